The second-order valence-corrected chi connectivity index (χ2v) is 8.66. The molecule has 0 aromatic carbocycles. The fraction of sp³-hybridized carbons (Fsp3) is 0.579. The van der Waals surface area contributed by atoms with Crippen molar-refractivity contribution in [1.82, 2.24) is 15.1 Å². The van der Waals surface area contributed by atoms with Crippen molar-refractivity contribution >= 4 is 17.5 Å². The topological polar surface area (TPSA) is 84.2 Å². The fourth-order valence-electron chi connectivity index (χ4n) is 2.25. The van der Waals surface area contributed by atoms with Crippen molar-refractivity contribution in [3.8, 4) is 0 Å². The van der Waals surface area contributed by atoms with Crippen molar-refractivity contribution in [2.45, 2.75) is 59.3 Å². The number of hydrogen-bond acceptors (Lipinski definition) is 6. The summed E-state index contributed by atoms with van der Waals surface area (Å²) in [6.07, 6.45) is 0. The van der Waals surface area contributed by atoms with E-state index < -0.39 is 0 Å². The molecule has 2 aromatic rings. The van der Waals surface area contributed by atoms with Crippen LogP contribution in [0.15, 0.2) is 16.7 Å². The SMILES string of the molecule is Cc1cc(NC(=O)CN(C)c2cc(C(C)(C)C)nc(C(C)(C)C)n2)no1. The van der Waals surface area contributed by atoms with E-state index in [9.17, 15) is 4.79 Å². The Labute approximate surface area is 155 Å². The minimum absolute atomic E-state index is 0.112. The largest absolute Gasteiger partial charge is 0.360 e. The van der Waals surface area contributed by atoms with Crippen LogP contribution in [0.5, 0.6) is 0 Å². The molecule has 0 radical (unpaired) electrons. The van der Waals surface area contributed by atoms with Crippen molar-refractivity contribution in [1.29, 1.82) is 0 Å². The lowest BCUT2D eigenvalue weighted by atomic mass is 9.90. The molecular formula is C19H29N5O2. The van der Waals surface area contributed by atoms with Gasteiger partial charge in [0.1, 0.15) is 17.4 Å². The number of likely N-dealkylation sites (N-methyl/N-ethyl adjacent to an activating group) is 1. The average Bonchev–Trinajstić information content (AvgIpc) is 2.89. The smallest absolute Gasteiger partial charge is 0.245 e. The molecule has 2 heterocycles. The van der Waals surface area contributed by atoms with E-state index in [1.54, 1.807) is 13.0 Å². The first-order valence-electron chi connectivity index (χ1n) is 8.70. The number of anilines is 2. The molecule has 0 atom stereocenters. The Morgan fingerprint density at radius 1 is 1.12 bits per heavy atom. The number of carbonyl (C=O) groups is 1. The van der Waals surface area contributed by atoms with Gasteiger partial charge in [-0.3, -0.25) is 4.79 Å². The van der Waals surface area contributed by atoms with E-state index in [0.717, 1.165) is 17.3 Å². The first-order valence-corrected chi connectivity index (χ1v) is 8.70. The second-order valence-electron chi connectivity index (χ2n) is 8.66. The zero-order chi connectivity index (χ0) is 19.7. The lowest BCUT2D eigenvalue weighted by Gasteiger charge is -2.26. The Bertz CT molecular complexity index is 752. The lowest BCUT2D eigenvalue weighted by Crippen LogP contribution is -2.32. The first-order chi connectivity index (χ1) is 11.9. The van der Waals surface area contributed by atoms with Gasteiger partial charge in [-0.25, -0.2) is 9.97 Å². The monoisotopic (exact) mass is 359 g/mol. The molecule has 0 spiro atoms. The van der Waals surface area contributed by atoms with E-state index in [-0.39, 0.29) is 23.3 Å². The molecule has 0 unspecified atom stereocenters. The number of nitrogens with one attached hydrogen (secondary N) is 1. The molecule has 1 N–H and O–H groups in total. The van der Waals surface area contributed by atoms with Crippen LogP contribution >= 0.6 is 0 Å². The molecule has 2 rings (SSSR count). The molecule has 0 saturated heterocycles. The van der Waals surface area contributed by atoms with Gasteiger partial charge in [0.2, 0.25) is 5.91 Å². The van der Waals surface area contributed by atoms with E-state index >= 15 is 0 Å². The molecular weight excluding hydrogens is 330 g/mol. The molecule has 0 aliphatic heterocycles. The molecule has 26 heavy (non-hydrogen) atoms. The highest BCUT2D eigenvalue weighted by molar-refractivity contribution is 5.93. The summed E-state index contributed by atoms with van der Waals surface area (Å²) in [4.78, 5) is 23.5. The Morgan fingerprint density at radius 3 is 2.27 bits per heavy atom. The van der Waals surface area contributed by atoms with Crippen molar-refractivity contribution in [2.75, 3.05) is 23.8 Å². The summed E-state index contributed by atoms with van der Waals surface area (Å²) >= 11 is 0. The second kappa shape index (κ2) is 7.05. The normalized spacial score (nSPS) is 12.2. The van der Waals surface area contributed by atoms with Gasteiger partial charge in [0, 0.05) is 30.0 Å². The third-order valence-corrected chi connectivity index (χ3v) is 3.82. The molecule has 7 heteroatoms. The quantitative estimate of drug-likeness (QED) is 0.900. The summed E-state index contributed by atoms with van der Waals surface area (Å²) in [5.74, 6) is 2.36. The molecule has 1 amide bonds. The Morgan fingerprint density at radius 2 is 1.77 bits per heavy atom. The summed E-state index contributed by atoms with van der Waals surface area (Å²) in [6, 6.07) is 3.63. The molecule has 2 aromatic heterocycles. The Hall–Kier alpha value is -2.44. The van der Waals surface area contributed by atoms with Crippen LogP contribution in [0.25, 0.3) is 0 Å². The lowest BCUT2D eigenvalue weighted by molar-refractivity contribution is -0.115. The summed E-state index contributed by atoms with van der Waals surface area (Å²) in [5.41, 5.74) is 0.655. The van der Waals surface area contributed by atoms with Gasteiger partial charge in [-0.15, -0.1) is 0 Å². The van der Waals surface area contributed by atoms with Gasteiger partial charge in [-0.2, -0.15) is 0 Å². The third-order valence-electron chi connectivity index (χ3n) is 3.82. The van der Waals surface area contributed by atoms with Crippen molar-refractivity contribution in [3.63, 3.8) is 0 Å². The molecule has 7 nitrogen and oxygen atoms in total. The minimum Gasteiger partial charge on any atom is -0.360 e. The predicted octanol–water partition coefficient (Wildman–Crippen LogP) is 3.44. The molecule has 0 bridgehead atoms. The van der Waals surface area contributed by atoms with Crippen LogP contribution in [0.4, 0.5) is 11.6 Å². The molecule has 0 fully saturated rings. The molecule has 142 valence electrons. The van der Waals surface area contributed by atoms with Gasteiger partial charge in [-0.05, 0) is 6.92 Å². The maximum absolute atomic E-state index is 12.3. The van der Waals surface area contributed by atoms with Crippen LogP contribution in [-0.2, 0) is 15.6 Å². The minimum atomic E-state index is -0.186. The zero-order valence-corrected chi connectivity index (χ0v) is 17.0. The summed E-state index contributed by atoms with van der Waals surface area (Å²) in [6.45, 7) is 14.5. The Kier molecular flexibility index (Phi) is 5.39. The van der Waals surface area contributed by atoms with E-state index in [0.29, 0.717) is 11.6 Å². The third kappa shape index (κ3) is 5.03. The van der Waals surface area contributed by atoms with Crippen LogP contribution in [0.2, 0.25) is 0 Å². The number of aryl methyl sites for hydroxylation is 1. The van der Waals surface area contributed by atoms with Crippen molar-refractivity contribution < 1.29 is 9.32 Å². The van der Waals surface area contributed by atoms with E-state index in [1.807, 2.05) is 18.0 Å². The maximum atomic E-state index is 12.3. The summed E-state index contributed by atoms with van der Waals surface area (Å²) < 4.78 is 4.96. The number of nitrogens with zero attached hydrogens (tertiary/aromatic N) is 4. The van der Waals surface area contributed by atoms with Gasteiger partial charge in [-0.1, -0.05) is 46.7 Å². The van der Waals surface area contributed by atoms with Gasteiger partial charge >= 0.3 is 0 Å². The number of carbonyl (C=O) groups excluding carboxylic acids is 1. The van der Waals surface area contributed by atoms with E-state index in [2.05, 4.69) is 57.0 Å². The Balaban J connectivity index is 2.23. The van der Waals surface area contributed by atoms with E-state index in [4.69, 9.17) is 9.51 Å². The average molecular weight is 359 g/mol. The van der Waals surface area contributed by atoms with Crippen molar-refractivity contribution in [2.24, 2.45) is 0 Å². The van der Waals surface area contributed by atoms with Crippen LogP contribution in [0, 0.1) is 6.92 Å². The van der Waals surface area contributed by atoms with E-state index in [1.165, 1.54) is 0 Å². The molecule has 0 aliphatic carbocycles. The number of hydrogen-bond donors (Lipinski definition) is 1. The zero-order valence-electron chi connectivity index (χ0n) is 17.0. The highest BCUT2D eigenvalue weighted by Gasteiger charge is 2.25. The standard InChI is InChI=1S/C19H29N5O2/c1-12-9-14(23-26-12)21-16(25)11-24(8)15-10-13(18(2,3)4)20-17(22-15)19(5,6)7/h9-10H,11H2,1-8H3,(H,21,23,25). The van der Waals surface area contributed by atoms with Crippen LogP contribution in [0.1, 0.15) is 58.8 Å². The summed E-state index contributed by atoms with van der Waals surface area (Å²) in [5, 5.41) is 6.50. The number of amides is 1. The van der Waals surface area contributed by atoms with Gasteiger partial charge in [0.05, 0.1) is 12.2 Å². The number of aromatic nitrogens is 3. The van der Waals surface area contributed by atoms with Gasteiger partial charge in [0.25, 0.3) is 0 Å². The van der Waals surface area contributed by atoms with Crippen LogP contribution in [0.3, 0.4) is 0 Å². The van der Waals surface area contributed by atoms with Crippen molar-refractivity contribution in [3.05, 3.63) is 29.4 Å². The van der Waals surface area contributed by atoms with Gasteiger partial charge in [0.15, 0.2) is 5.82 Å². The number of rotatable bonds is 4. The fourth-order valence-corrected chi connectivity index (χ4v) is 2.25. The van der Waals surface area contributed by atoms with Crippen LogP contribution in [-0.4, -0.2) is 34.6 Å². The maximum Gasteiger partial charge on any atom is 0.245 e. The molecule has 0 aliphatic rings. The summed E-state index contributed by atoms with van der Waals surface area (Å²) in [7, 11) is 1.84. The first kappa shape index (κ1) is 19.9. The highest BCUT2D eigenvalue weighted by Crippen LogP contribution is 2.27. The highest BCUT2D eigenvalue weighted by atomic mass is 16.5. The predicted molar refractivity (Wildman–Crippen MR) is 103 cm³/mol. The van der Waals surface area contributed by atoms with Gasteiger partial charge < -0.3 is 14.7 Å². The molecule has 0 saturated carbocycles. The van der Waals surface area contributed by atoms with Crippen LogP contribution < -0.4 is 10.2 Å².